The molecule has 1 amide bonds. The number of rotatable bonds is 3. The lowest BCUT2D eigenvalue weighted by molar-refractivity contribution is -0.161. The summed E-state index contributed by atoms with van der Waals surface area (Å²) in [6.45, 7) is 3.59. The van der Waals surface area contributed by atoms with Crippen LogP contribution in [-0.4, -0.2) is 38.7 Å². The average molecular weight is 355 g/mol. The molecule has 3 aliphatic rings. The molecule has 2 bridgehead atoms. The van der Waals surface area contributed by atoms with Crippen molar-refractivity contribution >= 4 is 5.91 Å². The summed E-state index contributed by atoms with van der Waals surface area (Å²) >= 11 is 0. The maximum atomic E-state index is 13.4. The summed E-state index contributed by atoms with van der Waals surface area (Å²) in [5.74, 6) is 1.10. The monoisotopic (exact) mass is 355 g/mol. The fourth-order valence-electron chi connectivity index (χ4n) is 4.72. The number of aliphatic hydroxyl groups excluding tert-OH is 1. The molecule has 0 spiro atoms. The number of furan rings is 1. The van der Waals surface area contributed by atoms with Gasteiger partial charge < -0.3 is 19.5 Å². The summed E-state index contributed by atoms with van der Waals surface area (Å²) in [4.78, 5) is 15.1. The van der Waals surface area contributed by atoms with Crippen molar-refractivity contribution in [1.82, 2.24) is 4.90 Å². The highest BCUT2D eigenvalue weighted by Gasteiger charge is 2.56. The van der Waals surface area contributed by atoms with E-state index in [0.29, 0.717) is 29.9 Å². The molecule has 2 aromatic rings. The van der Waals surface area contributed by atoms with Gasteiger partial charge in [-0.1, -0.05) is 30.3 Å². The molecular formula is C21H25NO4. The summed E-state index contributed by atoms with van der Waals surface area (Å²) in [5, 5.41) is 22.4. The predicted molar refractivity (Wildman–Crippen MR) is 96.7 cm³/mol. The van der Waals surface area contributed by atoms with Crippen molar-refractivity contribution in [3.63, 3.8) is 0 Å². The molecule has 1 aromatic carbocycles. The fourth-order valence-corrected chi connectivity index (χ4v) is 4.72. The zero-order valence-corrected chi connectivity index (χ0v) is 15.2. The molecule has 1 saturated carbocycles. The Hall–Kier alpha value is -2.11. The van der Waals surface area contributed by atoms with Crippen LogP contribution < -0.4 is 0 Å². The van der Waals surface area contributed by atoms with Crippen molar-refractivity contribution in [2.24, 2.45) is 0 Å². The molecule has 0 unspecified atom stereocenters. The lowest BCUT2D eigenvalue weighted by Crippen LogP contribution is -2.68. The molecule has 5 rings (SSSR count). The minimum absolute atomic E-state index is 0.0366. The van der Waals surface area contributed by atoms with Crippen molar-refractivity contribution < 1.29 is 19.4 Å². The van der Waals surface area contributed by atoms with Crippen LogP contribution in [0.5, 0.6) is 0 Å². The molecule has 138 valence electrons. The van der Waals surface area contributed by atoms with Gasteiger partial charge in [-0.3, -0.25) is 4.79 Å². The third kappa shape index (κ3) is 2.66. The molecule has 26 heavy (non-hydrogen) atoms. The van der Waals surface area contributed by atoms with Crippen LogP contribution in [0, 0.1) is 13.8 Å². The van der Waals surface area contributed by atoms with Crippen LogP contribution in [0.25, 0.3) is 0 Å². The molecule has 2 N–H and O–H groups in total. The number of hydrogen-bond acceptors (Lipinski definition) is 4. The summed E-state index contributed by atoms with van der Waals surface area (Å²) in [6.07, 6.45) is 1.81. The van der Waals surface area contributed by atoms with Crippen LogP contribution in [0.3, 0.4) is 0 Å². The highest BCUT2D eigenvalue weighted by atomic mass is 16.3. The van der Waals surface area contributed by atoms with Gasteiger partial charge in [-0.2, -0.15) is 0 Å². The number of carbonyl (C=O) groups is 1. The SMILES string of the molecule is Cc1cc(C(=O)N2C3CCC(O)(CC3)[C@@H]2[C@@H](O)c2ccccc2)c(C)o1. The molecule has 2 saturated heterocycles. The number of fused-ring (bicyclic) bond motifs is 3. The molecule has 0 radical (unpaired) electrons. The van der Waals surface area contributed by atoms with Gasteiger partial charge in [0, 0.05) is 6.04 Å². The van der Waals surface area contributed by atoms with Crippen LogP contribution >= 0.6 is 0 Å². The van der Waals surface area contributed by atoms with Gasteiger partial charge in [-0.15, -0.1) is 0 Å². The van der Waals surface area contributed by atoms with Gasteiger partial charge >= 0.3 is 0 Å². The average Bonchev–Trinajstić information content (AvgIpc) is 2.99. The Morgan fingerprint density at radius 2 is 1.88 bits per heavy atom. The quantitative estimate of drug-likeness (QED) is 0.887. The molecule has 2 aliphatic heterocycles. The summed E-state index contributed by atoms with van der Waals surface area (Å²) in [7, 11) is 0. The molecule has 3 fully saturated rings. The Balaban J connectivity index is 1.75. The number of nitrogens with zero attached hydrogens (tertiary/aromatic N) is 1. The summed E-state index contributed by atoms with van der Waals surface area (Å²) in [6, 6.07) is 10.4. The molecule has 1 aromatic heterocycles. The van der Waals surface area contributed by atoms with E-state index in [-0.39, 0.29) is 11.9 Å². The third-order valence-corrected chi connectivity index (χ3v) is 6.01. The maximum Gasteiger partial charge on any atom is 0.258 e. The van der Waals surface area contributed by atoms with Gasteiger partial charge in [0.25, 0.3) is 5.91 Å². The van der Waals surface area contributed by atoms with E-state index in [4.69, 9.17) is 4.42 Å². The van der Waals surface area contributed by atoms with Crippen LogP contribution in [0.2, 0.25) is 0 Å². The molecule has 5 heteroatoms. The van der Waals surface area contributed by atoms with E-state index in [9.17, 15) is 15.0 Å². The van der Waals surface area contributed by atoms with Gasteiger partial charge in [0.2, 0.25) is 0 Å². The van der Waals surface area contributed by atoms with E-state index in [1.165, 1.54) is 0 Å². The first-order valence-electron chi connectivity index (χ1n) is 9.26. The zero-order valence-electron chi connectivity index (χ0n) is 15.2. The van der Waals surface area contributed by atoms with Gasteiger partial charge in [0.05, 0.1) is 17.2 Å². The third-order valence-electron chi connectivity index (χ3n) is 6.01. The van der Waals surface area contributed by atoms with Crippen molar-refractivity contribution in [2.75, 3.05) is 0 Å². The topological polar surface area (TPSA) is 73.9 Å². The Morgan fingerprint density at radius 3 is 2.46 bits per heavy atom. The standard InChI is InChI=1S/C21H25NO4/c1-13-12-17(14(2)26-13)20(24)22-16-8-10-21(25,11-9-16)19(22)18(23)15-6-4-3-5-7-15/h3-7,12,16,18-19,23,25H,8-11H2,1-2H3/t16?,18-,19-,21?/m0/s1. The number of amides is 1. The molecule has 1 aliphatic carbocycles. The number of benzene rings is 1. The molecular weight excluding hydrogens is 330 g/mol. The van der Waals surface area contributed by atoms with Gasteiger partial charge in [-0.25, -0.2) is 0 Å². The van der Waals surface area contributed by atoms with Crippen LogP contribution in [-0.2, 0) is 0 Å². The minimum atomic E-state index is -1.06. The van der Waals surface area contributed by atoms with Crippen molar-refractivity contribution in [1.29, 1.82) is 0 Å². The van der Waals surface area contributed by atoms with Crippen molar-refractivity contribution in [2.45, 2.75) is 63.3 Å². The van der Waals surface area contributed by atoms with Crippen LogP contribution in [0.4, 0.5) is 0 Å². The summed E-state index contributed by atoms with van der Waals surface area (Å²) in [5.41, 5.74) is 0.173. The second-order valence-electron chi connectivity index (χ2n) is 7.67. The second-order valence-corrected chi connectivity index (χ2v) is 7.67. The first-order valence-corrected chi connectivity index (χ1v) is 9.26. The van der Waals surface area contributed by atoms with E-state index < -0.39 is 17.7 Å². The first-order chi connectivity index (χ1) is 12.4. The Bertz CT molecular complexity index is 805. The number of piperidine rings is 2. The normalized spacial score (nSPS) is 29.0. The smallest absolute Gasteiger partial charge is 0.258 e. The van der Waals surface area contributed by atoms with Crippen LogP contribution in [0.1, 0.15) is 59.2 Å². The van der Waals surface area contributed by atoms with Gasteiger partial charge in [0.1, 0.15) is 17.6 Å². The number of carbonyl (C=O) groups excluding carboxylic acids is 1. The zero-order chi connectivity index (χ0) is 18.5. The van der Waals surface area contributed by atoms with Crippen molar-refractivity contribution in [3.8, 4) is 0 Å². The highest BCUT2D eigenvalue weighted by molar-refractivity contribution is 5.96. The van der Waals surface area contributed by atoms with E-state index in [1.54, 1.807) is 17.9 Å². The van der Waals surface area contributed by atoms with Gasteiger partial charge in [0.15, 0.2) is 0 Å². The Kier molecular flexibility index (Phi) is 4.16. The van der Waals surface area contributed by atoms with E-state index in [2.05, 4.69) is 0 Å². The molecule has 2 atom stereocenters. The fraction of sp³-hybridized carbons (Fsp3) is 0.476. The predicted octanol–water partition coefficient (Wildman–Crippen LogP) is 3.13. The maximum absolute atomic E-state index is 13.4. The lowest BCUT2D eigenvalue weighted by Gasteiger charge is -2.57. The Morgan fingerprint density at radius 1 is 1.23 bits per heavy atom. The van der Waals surface area contributed by atoms with E-state index >= 15 is 0 Å². The Labute approximate surface area is 153 Å². The van der Waals surface area contributed by atoms with Crippen LogP contribution in [0.15, 0.2) is 40.8 Å². The van der Waals surface area contributed by atoms with E-state index in [1.807, 2.05) is 37.3 Å². The summed E-state index contributed by atoms with van der Waals surface area (Å²) < 4.78 is 5.54. The lowest BCUT2D eigenvalue weighted by atomic mass is 9.68. The van der Waals surface area contributed by atoms with Crippen molar-refractivity contribution in [3.05, 3.63) is 59.0 Å². The molecule has 5 nitrogen and oxygen atoms in total. The highest BCUT2D eigenvalue weighted by Crippen LogP contribution is 2.47. The van der Waals surface area contributed by atoms with E-state index in [0.717, 1.165) is 18.4 Å². The molecule has 3 heterocycles. The largest absolute Gasteiger partial charge is 0.466 e. The minimum Gasteiger partial charge on any atom is -0.466 e. The van der Waals surface area contributed by atoms with Gasteiger partial charge in [-0.05, 0) is 51.2 Å². The number of aryl methyl sites for hydroxylation is 2. The second kappa shape index (κ2) is 6.25. The number of aliphatic hydroxyl groups is 2. The first kappa shape index (κ1) is 17.3. The number of hydrogen-bond donors (Lipinski definition) is 2.